The number of halogens is 1. The molecule has 3 rings (SSSR count). The lowest BCUT2D eigenvalue weighted by Crippen LogP contribution is -2.45. The number of hydrogen-bond acceptors (Lipinski definition) is 4. The first-order valence-corrected chi connectivity index (χ1v) is 7.62. The van der Waals surface area contributed by atoms with Crippen molar-refractivity contribution < 1.29 is 4.79 Å². The Bertz CT molecular complexity index is 864. The SMILES string of the molecule is Cn1c(=O)c(C(=O)N2CCCC2)nn(-c2ccc(Cl)cc2)c1=O. The van der Waals surface area contributed by atoms with Gasteiger partial charge in [-0.25, -0.2) is 4.79 Å². The molecule has 1 aliphatic rings. The lowest BCUT2D eigenvalue weighted by Gasteiger charge is -2.15. The van der Waals surface area contributed by atoms with Crippen molar-refractivity contribution in [2.75, 3.05) is 13.1 Å². The van der Waals surface area contributed by atoms with Gasteiger partial charge in [-0.2, -0.15) is 9.78 Å². The maximum Gasteiger partial charge on any atom is 0.351 e. The van der Waals surface area contributed by atoms with E-state index in [1.807, 2.05) is 0 Å². The van der Waals surface area contributed by atoms with E-state index in [-0.39, 0.29) is 5.69 Å². The molecule has 0 spiro atoms. The van der Waals surface area contributed by atoms with Gasteiger partial charge in [0, 0.05) is 25.2 Å². The van der Waals surface area contributed by atoms with Crippen LogP contribution < -0.4 is 11.2 Å². The van der Waals surface area contributed by atoms with Crippen LogP contribution in [0.2, 0.25) is 5.02 Å². The Balaban J connectivity index is 2.14. The normalized spacial score (nSPS) is 14.3. The molecule has 0 N–H and O–H groups in total. The molecular weight excluding hydrogens is 320 g/mol. The van der Waals surface area contributed by atoms with Gasteiger partial charge in [0.2, 0.25) is 5.69 Å². The highest BCUT2D eigenvalue weighted by Crippen LogP contribution is 2.12. The van der Waals surface area contributed by atoms with Gasteiger partial charge in [0.1, 0.15) is 0 Å². The summed E-state index contributed by atoms with van der Waals surface area (Å²) < 4.78 is 1.94. The van der Waals surface area contributed by atoms with Crippen molar-refractivity contribution in [3.05, 3.63) is 55.8 Å². The zero-order chi connectivity index (χ0) is 16.6. The molecule has 23 heavy (non-hydrogen) atoms. The van der Waals surface area contributed by atoms with Crippen LogP contribution in [0.15, 0.2) is 33.9 Å². The van der Waals surface area contributed by atoms with Crippen LogP contribution >= 0.6 is 11.6 Å². The first-order valence-electron chi connectivity index (χ1n) is 7.24. The third-order valence-corrected chi connectivity index (χ3v) is 4.09. The number of hydrogen-bond donors (Lipinski definition) is 0. The van der Waals surface area contributed by atoms with Gasteiger partial charge in [0.05, 0.1) is 5.69 Å². The summed E-state index contributed by atoms with van der Waals surface area (Å²) in [7, 11) is 1.33. The fourth-order valence-electron chi connectivity index (χ4n) is 2.53. The molecule has 1 aromatic heterocycles. The quantitative estimate of drug-likeness (QED) is 0.814. The van der Waals surface area contributed by atoms with Crippen LogP contribution in [0.4, 0.5) is 0 Å². The van der Waals surface area contributed by atoms with Gasteiger partial charge in [-0.15, -0.1) is 0 Å². The number of carbonyl (C=O) groups is 1. The predicted octanol–water partition coefficient (Wildman–Crippen LogP) is 0.821. The molecule has 7 nitrogen and oxygen atoms in total. The van der Waals surface area contributed by atoms with Crippen LogP contribution in [-0.4, -0.2) is 38.2 Å². The number of rotatable bonds is 2. The van der Waals surface area contributed by atoms with Crippen LogP contribution in [0, 0.1) is 0 Å². The first kappa shape index (κ1) is 15.5. The molecule has 2 aromatic rings. The maximum atomic E-state index is 12.5. The smallest absolute Gasteiger partial charge is 0.337 e. The van der Waals surface area contributed by atoms with Crippen molar-refractivity contribution in [1.29, 1.82) is 0 Å². The molecule has 0 bridgehead atoms. The number of likely N-dealkylation sites (tertiary alicyclic amines) is 1. The number of carbonyl (C=O) groups excluding carboxylic acids is 1. The fraction of sp³-hybridized carbons (Fsp3) is 0.333. The summed E-state index contributed by atoms with van der Waals surface area (Å²) in [4.78, 5) is 38.6. The van der Waals surface area contributed by atoms with Crippen molar-refractivity contribution >= 4 is 17.5 Å². The molecule has 1 aromatic carbocycles. The van der Waals surface area contributed by atoms with Crippen LogP contribution in [0.25, 0.3) is 5.69 Å². The fourth-order valence-corrected chi connectivity index (χ4v) is 2.65. The summed E-state index contributed by atoms with van der Waals surface area (Å²) in [5.41, 5.74) is -1.11. The van der Waals surface area contributed by atoms with E-state index in [0.717, 1.165) is 22.1 Å². The van der Waals surface area contributed by atoms with Crippen LogP contribution in [0.3, 0.4) is 0 Å². The van der Waals surface area contributed by atoms with Crippen LogP contribution in [-0.2, 0) is 7.05 Å². The monoisotopic (exact) mass is 334 g/mol. The summed E-state index contributed by atoms with van der Waals surface area (Å²) in [6.45, 7) is 1.20. The molecule has 120 valence electrons. The highest BCUT2D eigenvalue weighted by Gasteiger charge is 2.25. The van der Waals surface area contributed by atoms with E-state index < -0.39 is 17.2 Å². The molecule has 0 radical (unpaired) electrons. The largest absolute Gasteiger partial charge is 0.351 e. The van der Waals surface area contributed by atoms with Gasteiger partial charge in [-0.1, -0.05) is 11.6 Å². The Hall–Kier alpha value is -2.41. The third-order valence-electron chi connectivity index (χ3n) is 3.84. The standard InChI is InChI=1S/C15H15ClN4O3/c1-18-13(21)12(14(22)19-8-2-3-9-19)17-20(15(18)23)11-6-4-10(16)5-7-11/h4-7H,2-3,8-9H2,1H3. The summed E-state index contributed by atoms with van der Waals surface area (Å²) in [5.74, 6) is -0.439. The van der Waals surface area contributed by atoms with E-state index in [2.05, 4.69) is 5.10 Å². The predicted molar refractivity (Wildman–Crippen MR) is 85.2 cm³/mol. The summed E-state index contributed by atoms with van der Waals surface area (Å²) in [6, 6.07) is 6.42. The maximum absolute atomic E-state index is 12.5. The van der Waals surface area contributed by atoms with E-state index in [1.165, 1.54) is 7.05 Å². The molecule has 1 saturated heterocycles. The first-order chi connectivity index (χ1) is 11.0. The molecule has 0 unspecified atom stereocenters. The van der Waals surface area contributed by atoms with Crippen LogP contribution in [0.1, 0.15) is 23.3 Å². The topological polar surface area (TPSA) is 77.2 Å². The Kier molecular flexibility index (Phi) is 4.04. The second-order valence-electron chi connectivity index (χ2n) is 5.38. The van der Waals surface area contributed by atoms with E-state index in [4.69, 9.17) is 11.6 Å². The Morgan fingerprint density at radius 3 is 2.35 bits per heavy atom. The van der Waals surface area contributed by atoms with Crippen molar-refractivity contribution in [2.45, 2.75) is 12.8 Å². The molecule has 0 saturated carbocycles. The average Bonchev–Trinajstić information content (AvgIpc) is 3.08. The van der Waals surface area contributed by atoms with E-state index in [1.54, 1.807) is 29.2 Å². The van der Waals surface area contributed by atoms with Gasteiger partial charge in [-0.05, 0) is 37.1 Å². The third kappa shape index (κ3) is 2.79. The molecule has 0 aliphatic carbocycles. The minimum Gasteiger partial charge on any atom is -0.337 e. The molecule has 2 heterocycles. The number of nitrogens with zero attached hydrogens (tertiary/aromatic N) is 4. The van der Waals surface area contributed by atoms with Gasteiger partial charge in [-0.3, -0.25) is 14.2 Å². The molecule has 0 atom stereocenters. The Labute approximate surface area is 136 Å². The van der Waals surface area contributed by atoms with E-state index in [0.29, 0.717) is 23.8 Å². The Morgan fingerprint density at radius 2 is 1.74 bits per heavy atom. The summed E-state index contributed by atoms with van der Waals surface area (Å²) >= 11 is 5.84. The van der Waals surface area contributed by atoms with E-state index in [9.17, 15) is 14.4 Å². The van der Waals surface area contributed by atoms with Gasteiger partial charge < -0.3 is 4.90 Å². The summed E-state index contributed by atoms with van der Waals surface area (Å²) in [6.07, 6.45) is 1.81. The van der Waals surface area contributed by atoms with Crippen molar-refractivity contribution in [3.8, 4) is 5.69 Å². The molecule has 1 aliphatic heterocycles. The number of benzene rings is 1. The minimum absolute atomic E-state index is 0.246. The second kappa shape index (κ2) is 6.00. The van der Waals surface area contributed by atoms with Gasteiger partial charge in [0.25, 0.3) is 11.5 Å². The highest BCUT2D eigenvalue weighted by atomic mass is 35.5. The zero-order valence-corrected chi connectivity index (χ0v) is 13.3. The lowest BCUT2D eigenvalue weighted by atomic mass is 10.3. The lowest BCUT2D eigenvalue weighted by molar-refractivity contribution is 0.0781. The highest BCUT2D eigenvalue weighted by molar-refractivity contribution is 6.30. The van der Waals surface area contributed by atoms with E-state index >= 15 is 0 Å². The van der Waals surface area contributed by atoms with Crippen molar-refractivity contribution in [1.82, 2.24) is 19.2 Å². The van der Waals surface area contributed by atoms with Crippen molar-refractivity contribution in [2.24, 2.45) is 7.05 Å². The number of aromatic nitrogens is 3. The Morgan fingerprint density at radius 1 is 1.13 bits per heavy atom. The average molecular weight is 335 g/mol. The second-order valence-corrected chi connectivity index (χ2v) is 5.82. The minimum atomic E-state index is -0.683. The molecule has 8 heteroatoms. The molecular formula is C15H15ClN4O3. The molecule has 1 fully saturated rings. The zero-order valence-electron chi connectivity index (χ0n) is 12.5. The van der Waals surface area contributed by atoms with Gasteiger partial charge in [0.15, 0.2) is 0 Å². The summed E-state index contributed by atoms with van der Waals surface area (Å²) in [5, 5.41) is 4.53. The van der Waals surface area contributed by atoms with Crippen molar-refractivity contribution in [3.63, 3.8) is 0 Å². The van der Waals surface area contributed by atoms with Gasteiger partial charge >= 0.3 is 5.69 Å². The molecule has 1 amide bonds. The van der Waals surface area contributed by atoms with Crippen LogP contribution in [0.5, 0.6) is 0 Å². The number of amides is 1.